The van der Waals surface area contributed by atoms with E-state index in [9.17, 15) is 4.39 Å². The van der Waals surface area contributed by atoms with Crippen LogP contribution in [0.15, 0.2) is 36.4 Å². The SMILES string of the molecule is COc1ccc2nc(CCCl)n(-c3ccc(F)cc3)c2n1. The second-order valence-corrected chi connectivity index (χ2v) is 4.85. The van der Waals surface area contributed by atoms with E-state index in [1.165, 1.54) is 12.1 Å². The van der Waals surface area contributed by atoms with Crippen molar-refractivity contribution < 1.29 is 9.13 Å². The van der Waals surface area contributed by atoms with Gasteiger partial charge in [-0.1, -0.05) is 0 Å². The molecular formula is C15H13ClFN3O. The highest BCUT2D eigenvalue weighted by Crippen LogP contribution is 2.23. The number of aromatic nitrogens is 3. The largest absolute Gasteiger partial charge is 0.481 e. The zero-order valence-corrected chi connectivity index (χ0v) is 12.1. The highest BCUT2D eigenvalue weighted by atomic mass is 35.5. The van der Waals surface area contributed by atoms with E-state index in [2.05, 4.69) is 9.97 Å². The van der Waals surface area contributed by atoms with Gasteiger partial charge in [0.2, 0.25) is 5.88 Å². The molecule has 3 rings (SSSR count). The molecule has 0 aliphatic heterocycles. The van der Waals surface area contributed by atoms with Crippen molar-refractivity contribution in [1.29, 1.82) is 0 Å². The molecule has 2 heterocycles. The summed E-state index contributed by atoms with van der Waals surface area (Å²) in [6, 6.07) is 9.80. The number of benzene rings is 1. The van der Waals surface area contributed by atoms with Crippen molar-refractivity contribution in [2.24, 2.45) is 0 Å². The molecule has 0 aliphatic rings. The molecule has 0 fully saturated rings. The van der Waals surface area contributed by atoms with E-state index in [1.54, 1.807) is 25.3 Å². The van der Waals surface area contributed by atoms with Gasteiger partial charge < -0.3 is 4.74 Å². The quantitative estimate of drug-likeness (QED) is 0.694. The summed E-state index contributed by atoms with van der Waals surface area (Å²) in [5.74, 6) is 1.45. The zero-order chi connectivity index (χ0) is 14.8. The van der Waals surface area contributed by atoms with Gasteiger partial charge in [0.25, 0.3) is 0 Å². The lowest BCUT2D eigenvalue weighted by atomic mass is 10.3. The third kappa shape index (κ3) is 2.56. The van der Waals surface area contributed by atoms with E-state index in [4.69, 9.17) is 16.3 Å². The summed E-state index contributed by atoms with van der Waals surface area (Å²) in [7, 11) is 1.56. The third-order valence-electron chi connectivity index (χ3n) is 3.16. The molecule has 3 aromatic rings. The fourth-order valence-electron chi connectivity index (χ4n) is 2.21. The number of methoxy groups -OCH3 is 1. The van der Waals surface area contributed by atoms with Crippen LogP contribution in [0.5, 0.6) is 5.88 Å². The fraction of sp³-hybridized carbons (Fsp3) is 0.200. The topological polar surface area (TPSA) is 39.9 Å². The number of alkyl halides is 1. The lowest BCUT2D eigenvalue weighted by molar-refractivity contribution is 0.399. The highest BCUT2D eigenvalue weighted by Gasteiger charge is 2.14. The Morgan fingerprint density at radius 1 is 1.14 bits per heavy atom. The van der Waals surface area contributed by atoms with E-state index in [1.807, 2.05) is 10.6 Å². The third-order valence-corrected chi connectivity index (χ3v) is 3.35. The van der Waals surface area contributed by atoms with Crippen LogP contribution in [0.3, 0.4) is 0 Å². The van der Waals surface area contributed by atoms with Crippen LogP contribution in [0.25, 0.3) is 16.9 Å². The second kappa shape index (κ2) is 5.69. The summed E-state index contributed by atoms with van der Waals surface area (Å²) >= 11 is 5.85. The van der Waals surface area contributed by atoms with Gasteiger partial charge in [0.15, 0.2) is 5.65 Å². The average Bonchev–Trinajstić information content (AvgIpc) is 2.85. The molecule has 1 aromatic carbocycles. The molecule has 4 nitrogen and oxygen atoms in total. The molecule has 0 spiro atoms. The first kappa shape index (κ1) is 13.8. The normalized spacial score (nSPS) is 11.0. The molecule has 0 aliphatic carbocycles. The van der Waals surface area contributed by atoms with Crippen molar-refractivity contribution >= 4 is 22.8 Å². The number of nitrogens with zero attached hydrogens (tertiary/aromatic N) is 3. The molecule has 0 N–H and O–H groups in total. The van der Waals surface area contributed by atoms with Crippen molar-refractivity contribution in [2.75, 3.05) is 13.0 Å². The standard InChI is InChI=1S/C15H13ClFN3O/c1-21-14-7-6-12-15(19-14)20(13(18-12)8-9-16)11-4-2-10(17)3-5-11/h2-7H,8-9H2,1H3. The van der Waals surface area contributed by atoms with Gasteiger partial charge in [0.1, 0.15) is 17.2 Å². The Morgan fingerprint density at radius 2 is 1.90 bits per heavy atom. The molecule has 108 valence electrons. The minimum absolute atomic E-state index is 0.285. The van der Waals surface area contributed by atoms with Crippen LogP contribution in [0.2, 0.25) is 0 Å². The van der Waals surface area contributed by atoms with Crippen LogP contribution in [0, 0.1) is 5.82 Å². The maximum atomic E-state index is 13.1. The molecule has 0 bridgehead atoms. The lowest BCUT2D eigenvalue weighted by Crippen LogP contribution is -2.03. The van der Waals surface area contributed by atoms with E-state index in [0.29, 0.717) is 23.8 Å². The zero-order valence-electron chi connectivity index (χ0n) is 11.4. The van der Waals surface area contributed by atoms with Gasteiger partial charge >= 0.3 is 0 Å². The number of imidazole rings is 1. The van der Waals surface area contributed by atoms with Gasteiger partial charge in [-0.05, 0) is 30.3 Å². The Balaban J connectivity index is 2.25. The van der Waals surface area contributed by atoms with Crippen molar-refractivity contribution in [3.8, 4) is 11.6 Å². The molecule has 21 heavy (non-hydrogen) atoms. The molecule has 0 radical (unpaired) electrons. The molecule has 0 amide bonds. The van der Waals surface area contributed by atoms with Gasteiger partial charge in [-0.3, -0.25) is 4.57 Å². The average molecular weight is 306 g/mol. The first-order valence-electron chi connectivity index (χ1n) is 6.47. The Kier molecular flexibility index (Phi) is 3.75. The summed E-state index contributed by atoms with van der Waals surface area (Å²) in [6.07, 6.45) is 0.595. The Morgan fingerprint density at radius 3 is 2.57 bits per heavy atom. The van der Waals surface area contributed by atoms with E-state index in [-0.39, 0.29) is 5.82 Å². The molecule has 0 saturated carbocycles. The van der Waals surface area contributed by atoms with E-state index >= 15 is 0 Å². The lowest BCUT2D eigenvalue weighted by Gasteiger charge is -2.08. The van der Waals surface area contributed by atoms with Crippen LogP contribution < -0.4 is 4.74 Å². The van der Waals surface area contributed by atoms with Crippen LogP contribution in [0.1, 0.15) is 5.82 Å². The predicted molar refractivity (Wildman–Crippen MR) is 79.8 cm³/mol. The summed E-state index contributed by atoms with van der Waals surface area (Å²) < 4.78 is 20.2. The number of rotatable bonds is 4. The molecule has 0 unspecified atom stereocenters. The number of ether oxygens (including phenoxy) is 1. The summed E-state index contributed by atoms with van der Waals surface area (Å²) in [4.78, 5) is 8.98. The number of fused-ring (bicyclic) bond motifs is 1. The van der Waals surface area contributed by atoms with Crippen molar-refractivity contribution in [2.45, 2.75) is 6.42 Å². The summed E-state index contributed by atoms with van der Waals surface area (Å²) in [5, 5.41) is 0. The molecule has 6 heteroatoms. The van der Waals surface area contributed by atoms with Crippen molar-refractivity contribution in [3.05, 3.63) is 48.0 Å². The molecule has 2 aromatic heterocycles. The number of halogens is 2. The van der Waals surface area contributed by atoms with Gasteiger partial charge in [0.05, 0.1) is 7.11 Å². The minimum Gasteiger partial charge on any atom is -0.481 e. The fourth-order valence-corrected chi connectivity index (χ4v) is 2.38. The van der Waals surface area contributed by atoms with Gasteiger partial charge in [0, 0.05) is 24.1 Å². The number of hydrogen-bond acceptors (Lipinski definition) is 3. The molecule has 0 atom stereocenters. The Hall–Kier alpha value is -2.14. The second-order valence-electron chi connectivity index (χ2n) is 4.48. The first-order valence-corrected chi connectivity index (χ1v) is 7.00. The Bertz CT molecular complexity index is 770. The first-order chi connectivity index (χ1) is 10.2. The van der Waals surface area contributed by atoms with E-state index in [0.717, 1.165) is 17.0 Å². The van der Waals surface area contributed by atoms with Crippen LogP contribution in [0.4, 0.5) is 4.39 Å². The summed E-state index contributed by atoms with van der Waals surface area (Å²) in [6.45, 7) is 0. The van der Waals surface area contributed by atoms with Crippen molar-refractivity contribution in [3.63, 3.8) is 0 Å². The maximum absolute atomic E-state index is 13.1. The van der Waals surface area contributed by atoms with Crippen molar-refractivity contribution in [1.82, 2.24) is 14.5 Å². The maximum Gasteiger partial charge on any atom is 0.215 e. The van der Waals surface area contributed by atoms with Crippen LogP contribution in [-0.2, 0) is 6.42 Å². The number of pyridine rings is 1. The number of hydrogen-bond donors (Lipinski definition) is 0. The highest BCUT2D eigenvalue weighted by molar-refractivity contribution is 6.17. The molecular weight excluding hydrogens is 293 g/mol. The number of aryl methyl sites for hydroxylation is 1. The Labute approximate surface area is 126 Å². The minimum atomic E-state index is -0.285. The van der Waals surface area contributed by atoms with Gasteiger partial charge in [-0.15, -0.1) is 11.6 Å². The monoisotopic (exact) mass is 305 g/mol. The predicted octanol–water partition coefficient (Wildman–Crippen LogP) is 3.35. The van der Waals surface area contributed by atoms with E-state index < -0.39 is 0 Å². The summed E-state index contributed by atoms with van der Waals surface area (Å²) in [5.41, 5.74) is 2.21. The molecule has 0 saturated heterocycles. The van der Waals surface area contributed by atoms with Crippen LogP contribution >= 0.6 is 11.6 Å². The van der Waals surface area contributed by atoms with Gasteiger partial charge in [-0.2, -0.15) is 4.98 Å². The van der Waals surface area contributed by atoms with Gasteiger partial charge in [-0.25, -0.2) is 9.37 Å². The smallest absolute Gasteiger partial charge is 0.215 e. The van der Waals surface area contributed by atoms with Crippen LogP contribution in [-0.4, -0.2) is 27.5 Å².